The molecule has 0 radical (unpaired) electrons. The second kappa shape index (κ2) is 5.44. The van der Waals surface area contributed by atoms with Crippen LogP contribution in [0.5, 0.6) is 11.5 Å². The maximum absolute atomic E-state index is 9.04. The molecular weight excluding hydrogens is 274 g/mol. The first kappa shape index (κ1) is 12.8. The van der Waals surface area contributed by atoms with Crippen molar-refractivity contribution in [3.63, 3.8) is 0 Å². The number of halogens is 1. The molecule has 1 aliphatic rings. The van der Waals surface area contributed by atoms with Crippen LogP contribution in [-0.4, -0.2) is 12.7 Å². The number of hydrogen-bond donors (Lipinski definition) is 0. The SMILES string of the molecule is N#Cc1ccc(Cl)cc1OCC1Cc2ccccc2O1. The Kier molecular flexibility index (Phi) is 3.49. The summed E-state index contributed by atoms with van der Waals surface area (Å²) in [5, 5.41) is 9.59. The Balaban J connectivity index is 1.67. The van der Waals surface area contributed by atoms with Gasteiger partial charge in [0.15, 0.2) is 0 Å². The summed E-state index contributed by atoms with van der Waals surface area (Å²) in [5.74, 6) is 1.41. The Morgan fingerprint density at radius 3 is 2.95 bits per heavy atom. The van der Waals surface area contributed by atoms with Crippen LogP contribution in [0.3, 0.4) is 0 Å². The molecule has 0 bridgehead atoms. The quantitative estimate of drug-likeness (QED) is 0.865. The van der Waals surface area contributed by atoms with Gasteiger partial charge in [-0.05, 0) is 23.8 Å². The van der Waals surface area contributed by atoms with Crippen LogP contribution in [0, 0.1) is 11.3 Å². The maximum atomic E-state index is 9.04. The third-order valence-corrected chi connectivity index (χ3v) is 3.44. The van der Waals surface area contributed by atoms with E-state index in [-0.39, 0.29) is 6.10 Å². The first-order valence-corrected chi connectivity index (χ1v) is 6.71. The van der Waals surface area contributed by atoms with Crippen LogP contribution in [0.15, 0.2) is 42.5 Å². The van der Waals surface area contributed by atoms with Crippen molar-refractivity contribution in [2.24, 2.45) is 0 Å². The van der Waals surface area contributed by atoms with Gasteiger partial charge in [0.25, 0.3) is 0 Å². The number of fused-ring (bicyclic) bond motifs is 1. The zero-order valence-corrected chi connectivity index (χ0v) is 11.4. The van der Waals surface area contributed by atoms with E-state index in [1.807, 2.05) is 18.2 Å². The fourth-order valence-corrected chi connectivity index (χ4v) is 2.40. The second-order valence-electron chi connectivity index (χ2n) is 4.61. The van der Waals surface area contributed by atoms with Crippen molar-refractivity contribution >= 4 is 11.6 Å². The number of nitrogens with zero attached hydrogens (tertiary/aromatic N) is 1. The highest BCUT2D eigenvalue weighted by molar-refractivity contribution is 6.30. The van der Waals surface area contributed by atoms with Crippen molar-refractivity contribution in [1.82, 2.24) is 0 Å². The molecular formula is C16H12ClNO2. The fraction of sp³-hybridized carbons (Fsp3) is 0.188. The van der Waals surface area contributed by atoms with E-state index in [0.29, 0.717) is 22.9 Å². The summed E-state index contributed by atoms with van der Waals surface area (Å²) in [6, 6.07) is 15.0. The molecule has 0 aromatic heterocycles. The number of hydrogen-bond acceptors (Lipinski definition) is 3. The summed E-state index contributed by atoms with van der Waals surface area (Å²) < 4.78 is 11.5. The van der Waals surface area contributed by atoms with Crippen LogP contribution >= 0.6 is 11.6 Å². The average molecular weight is 286 g/mol. The van der Waals surface area contributed by atoms with Crippen molar-refractivity contribution in [1.29, 1.82) is 5.26 Å². The van der Waals surface area contributed by atoms with E-state index in [0.717, 1.165) is 12.2 Å². The van der Waals surface area contributed by atoms with E-state index >= 15 is 0 Å². The van der Waals surface area contributed by atoms with E-state index in [2.05, 4.69) is 12.1 Å². The topological polar surface area (TPSA) is 42.2 Å². The minimum absolute atomic E-state index is 0.0297. The van der Waals surface area contributed by atoms with E-state index < -0.39 is 0 Å². The lowest BCUT2D eigenvalue weighted by Crippen LogP contribution is -2.22. The number of benzene rings is 2. The Hall–Kier alpha value is -2.18. The second-order valence-corrected chi connectivity index (χ2v) is 5.05. The highest BCUT2D eigenvalue weighted by Crippen LogP contribution is 2.29. The highest BCUT2D eigenvalue weighted by atomic mass is 35.5. The number of nitriles is 1. The van der Waals surface area contributed by atoms with Gasteiger partial charge in [-0.15, -0.1) is 0 Å². The minimum atomic E-state index is -0.0297. The summed E-state index contributed by atoms with van der Waals surface area (Å²) >= 11 is 5.92. The molecule has 20 heavy (non-hydrogen) atoms. The molecule has 100 valence electrons. The molecule has 1 aliphatic heterocycles. The fourth-order valence-electron chi connectivity index (χ4n) is 2.24. The van der Waals surface area contributed by atoms with Crippen LogP contribution in [0.2, 0.25) is 5.02 Å². The molecule has 1 unspecified atom stereocenters. The van der Waals surface area contributed by atoms with Gasteiger partial charge in [0.1, 0.15) is 30.3 Å². The van der Waals surface area contributed by atoms with Gasteiger partial charge in [0, 0.05) is 17.5 Å². The zero-order chi connectivity index (χ0) is 13.9. The number of ether oxygens (including phenoxy) is 2. The Morgan fingerprint density at radius 2 is 2.15 bits per heavy atom. The molecule has 0 saturated carbocycles. The lowest BCUT2D eigenvalue weighted by molar-refractivity contribution is 0.148. The van der Waals surface area contributed by atoms with Gasteiger partial charge in [-0.25, -0.2) is 0 Å². The molecule has 1 atom stereocenters. The molecule has 1 heterocycles. The molecule has 2 aromatic rings. The van der Waals surface area contributed by atoms with Crippen LogP contribution in [0.1, 0.15) is 11.1 Å². The maximum Gasteiger partial charge on any atom is 0.138 e. The molecule has 2 aromatic carbocycles. The predicted octanol–water partition coefficient (Wildman–Crippen LogP) is 3.59. The first-order chi connectivity index (χ1) is 9.76. The molecule has 0 amide bonds. The largest absolute Gasteiger partial charge is 0.488 e. The van der Waals surface area contributed by atoms with Crippen molar-refractivity contribution in [3.8, 4) is 17.6 Å². The van der Waals surface area contributed by atoms with Gasteiger partial charge < -0.3 is 9.47 Å². The van der Waals surface area contributed by atoms with Gasteiger partial charge in [0.05, 0.1) is 5.56 Å². The first-order valence-electron chi connectivity index (χ1n) is 6.33. The summed E-state index contributed by atoms with van der Waals surface area (Å²) in [7, 11) is 0. The van der Waals surface area contributed by atoms with Gasteiger partial charge >= 0.3 is 0 Å². The minimum Gasteiger partial charge on any atom is -0.488 e. The van der Waals surface area contributed by atoms with Gasteiger partial charge in [-0.2, -0.15) is 5.26 Å². The third-order valence-electron chi connectivity index (χ3n) is 3.20. The number of rotatable bonds is 3. The Labute approximate surface area is 122 Å². The summed E-state index contributed by atoms with van der Waals surface area (Å²) in [6.07, 6.45) is 0.788. The molecule has 3 nitrogen and oxygen atoms in total. The van der Waals surface area contributed by atoms with Gasteiger partial charge in [-0.1, -0.05) is 29.8 Å². The van der Waals surface area contributed by atoms with E-state index in [1.165, 1.54) is 5.56 Å². The van der Waals surface area contributed by atoms with Crippen LogP contribution in [0.4, 0.5) is 0 Å². The molecule has 0 saturated heterocycles. The zero-order valence-electron chi connectivity index (χ0n) is 10.7. The molecule has 4 heteroatoms. The van der Waals surface area contributed by atoms with E-state index in [1.54, 1.807) is 18.2 Å². The monoisotopic (exact) mass is 285 g/mol. The Morgan fingerprint density at radius 1 is 1.30 bits per heavy atom. The van der Waals surface area contributed by atoms with Crippen LogP contribution in [0.25, 0.3) is 0 Å². The van der Waals surface area contributed by atoms with E-state index in [4.69, 9.17) is 26.3 Å². The lowest BCUT2D eigenvalue weighted by atomic mass is 10.1. The molecule has 0 aliphatic carbocycles. The summed E-state index contributed by atoms with van der Waals surface area (Å²) in [4.78, 5) is 0. The molecule has 0 fully saturated rings. The van der Waals surface area contributed by atoms with Crippen molar-refractivity contribution < 1.29 is 9.47 Å². The summed E-state index contributed by atoms with van der Waals surface area (Å²) in [6.45, 7) is 0.393. The van der Waals surface area contributed by atoms with Crippen molar-refractivity contribution in [2.45, 2.75) is 12.5 Å². The van der Waals surface area contributed by atoms with Gasteiger partial charge in [-0.3, -0.25) is 0 Å². The Bertz CT molecular complexity index is 653. The standard InChI is InChI=1S/C16H12ClNO2/c17-13-6-5-12(9-18)16(8-13)19-10-14-7-11-3-1-2-4-15(11)20-14/h1-6,8,14H,7,10H2. The molecule has 0 N–H and O–H groups in total. The van der Waals surface area contributed by atoms with Crippen molar-refractivity contribution in [2.75, 3.05) is 6.61 Å². The molecule has 0 spiro atoms. The van der Waals surface area contributed by atoms with E-state index in [9.17, 15) is 0 Å². The predicted molar refractivity (Wildman–Crippen MR) is 76.2 cm³/mol. The molecule has 3 rings (SSSR count). The van der Waals surface area contributed by atoms with Gasteiger partial charge in [0.2, 0.25) is 0 Å². The van der Waals surface area contributed by atoms with Crippen LogP contribution in [-0.2, 0) is 6.42 Å². The van der Waals surface area contributed by atoms with Crippen LogP contribution < -0.4 is 9.47 Å². The number of para-hydroxylation sites is 1. The summed E-state index contributed by atoms with van der Waals surface area (Å²) in [5.41, 5.74) is 1.66. The normalized spacial score (nSPS) is 16.1. The highest BCUT2D eigenvalue weighted by Gasteiger charge is 2.23. The third kappa shape index (κ3) is 2.56. The lowest BCUT2D eigenvalue weighted by Gasteiger charge is -2.13. The smallest absolute Gasteiger partial charge is 0.138 e. The van der Waals surface area contributed by atoms with Crippen molar-refractivity contribution in [3.05, 3.63) is 58.6 Å². The average Bonchev–Trinajstić information content (AvgIpc) is 2.88.